The van der Waals surface area contributed by atoms with Crippen LogP contribution < -0.4 is 64.0 Å². The second-order valence-corrected chi connectivity index (χ2v) is 19.2. The Hall–Kier alpha value is -9.58. The SMILES string of the molecule is CCCOc1cc(-c2ccc(C(=C(c3ccc(-c4ccc(C(=O)NN)c(OCCC)c4)cc3)c3ccc(-c4ccc(C(=O)NN)c(OCCC)c4)cc3)c3ccc(-c4ccc(C(=O)NN)c(OCCC)c4)cc3)cc2)ccc1C(=O)NN. The van der Waals surface area contributed by atoms with Crippen LogP contribution in [0.15, 0.2) is 170 Å². The Bertz CT molecular complexity index is 3110. The van der Waals surface area contributed by atoms with Crippen molar-refractivity contribution < 1.29 is 38.1 Å². The third-order valence-corrected chi connectivity index (χ3v) is 13.6. The molecule has 8 aromatic rings. The summed E-state index contributed by atoms with van der Waals surface area (Å²) in [7, 11) is 0. The van der Waals surface area contributed by atoms with E-state index >= 15 is 0 Å². The fourth-order valence-corrected chi connectivity index (χ4v) is 9.42. The fourth-order valence-electron chi connectivity index (χ4n) is 9.42. The van der Waals surface area contributed by atoms with Gasteiger partial charge in [-0.3, -0.25) is 40.9 Å². The molecule has 16 heteroatoms. The Morgan fingerprint density at radius 3 is 0.646 bits per heavy atom. The van der Waals surface area contributed by atoms with Gasteiger partial charge < -0.3 is 18.9 Å². The first-order chi connectivity index (χ1) is 40.0. The molecular formula is C66H68N8O8. The minimum Gasteiger partial charge on any atom is -0.493 e. The van der Waals surface area contributed by atoms with E-state index in [9.17, 15) is 19.2 Å². The lowest BCUT2D eigenvalue weighted by atomic mass is 9.84. The molecule has 0 heterocycles. The summed E-state index contributed by atoms with van der Waals surface area (Å²) in [5.41, 5.74) is 22.5. The van der Waals surface area contributed by atoms with Crippen LogP contribution in [0.1, 0.15) is 117 Å². The van der Waals surface area contributed by atoms with Crippen LogP contribution in [0.4, 0.5) is 0 Å². The van der Waals surface area contributed by atoms with Crippen LogP contribution in [0.2, 0.25) is 0 Å². The molecule has 12 N–H and O–H groups in total. The number of nitrogens with one attached hydrogen (secondary N) is 4. The average molecular weight is 1100 g/mol. The molecule has 0 fully saturated rings. The van der Waals surface area contributed by atoms with Gasteiger partial charge in [0.15, 0.2) is 0 Å². The Labute approximate surface area is 477 Å². The third-order valence-electron chi connectivity index (χ3n) is 13.6. The van der Waals surface area contributed by atoms with E-state index in [4.69, 9.17) is 42.3 Å². The third kappa shape index (κ3) is 13.5. The van der Waals surface area contributed by atoms with Gasteiger partial charge in [0.05, 0.1) is 48.7 Å². The molecule has 0 aliphatic heterocycles. The van der Waals surface area contributed by atoms with Gasteiger partial charge in [0.2, 0.25) is 0 Å². The van der Waals surface area contributed by atoms with Crippen LogP contribution >= 0.6 is 0 Å². The molecule has 0 aromatic heterocycles. The van der Waals surface area contributed by atoms with Crippen molar-refractivity contribution in [2.75, 3.05) is 26.4 Å². The summed E-state index contributed by atoms with van der Waals surface area (Å²) < 4.78 is 24.2. The van der Waals surface area contributed by atoms with Crippen molar-refractivity contribution in [1.29, 1.82) is 0 Å². The second kappa shape index (κ2) is 28.0. The Morgan fingerprint density at radius 1 is 0.293 bits per heavy atom. The molecule has 0 aliphatic rings. The monoisotopic (exact) mass is 1100 g/mol. The van der Waals surface area contributed by atoms with Crippen molar-refractivity contribution in [3.05, 3.63) is 214 Å². The molecular weight excluding hydrogens is 1030 g/mol. The summed E-state index contributed by atoms with van der Waals surface area (Å²) in [6, 6.07) is 54.8. The largest absolute Gasteiger partial charge is 0.493 e. The molecule has 4 amide bonds. The number of hydrogen-bond donors (Lipinski definition) is 8. The number of ether oxygens (including phenoxy) is 4. The minimum absolute atomic E-state index is 0.330. The summed E-state index contributed by atoms with van der Waals surface area (Å²) in [6.07, 6.45) is 2.98. The fraction of sp³-hybridized carbons (Fsp3) is 0.182. The van der Waals surface area contributed by atoms with E-state index in [-0.39, 0.29) is 0 Å². The van der Waals surface area contributed by atoms with Gasteiger partial charge in [0, 0.05) is 0 Å². The Kier molecular flexibility index (Phi) is 20.0. The molecule has 0 aliphatic carbocycles. The van der Waals surface area contributed by atoms with Crippen LogP contribution in [-0.2, 0) is 0 Å². The van der Waals surface area contributed by atoms with Crippen LogP contribution in [0.25, 0.3) is 55.7 Å². The number of carbonyl (C=O) groups excluding carboxylic acids is 4. The molecule has 0 radical (unpaired) electrons. The Balaban J connectivity index is 1.33. The van der Waals surface area contributed by atoms with Crippen molar-refractivity contribution >= 4 is 34.8 Å². The van der Waals surface area contributed by atoms with Gasteiger partial charge in [-0.2, -0.15) is 0 Å². The van der Waals surface area contributed by atoms with Gasteiger partial charge in [-0.25, -0.2) is 23.4 Å². The standard InChI is InChI=1S/C66H68N8O8/c1-5-33-79-57-37-49(25-29-53(57)63(75)71-67)41-9-17-45(18-10-41)61(46-19-11-42(12-20-46)50-26-30-54(64(76)72-68)58(38-50)80-34-6-2)62(47-21-13-43(14-22-47)51-27-31-55(65(77)73-69)59(39-51)81-35-7-3)48-23-15-44(16-24-48)52-28-32-56(66(78)74-70)60(40-52)82-36-8-4/h9-32,37-40H,5-8,33-36,67-70H2,1-4H3,(H,71,75)(H,72,76)(H,73,77)(H,74,78). The molecule has 0 saturated heterocycles. The van der Waals surface area contributed by atoms with E-state index in [0.717, 1.165) is 104 Å². The highest BCUT2D eigenvalue weighted by Gasteiger charge is 2.22. The van der Waals surface area contributed by atoms with E-state index in [1.165, 1.54) is 0 Å². The van der Waals surface area contributed by atoms with Crippen molar-refractivity contribution in [2.45, 2.75) is 53.4 Å². The van der Waals surface area contributed by atoms with E-state index in [2.05, 4.69) is 70.2 Å². The van der Waals surface area contributed by atoms with Crippen LogP contribution in [0.5, 0.6) is 23.0 Å². The number of hydrogen-bond acceptors (Lipinski definition) is 12. The highest BCUT2D eigenvalue weighted by atomic mass is 16.5. The summed E-state index contributed by atoms with van der Waals surface area (Å²) in [5.74, 6) is 22.1. The lowest BCUT2D eigenvalue weighted by molar-refractivity contribution is 0.0941. The number of nitrogen functional groups attached to an aromatic ring is 4. The van der Waals surface area contributed by atoms with Crippen LogP contribution in [0.3, 0.4) is 0 Å². The molecule has 0 bridgehead atoms. The predicted molar refractivity (Wildman–Crippen MR) is 322 cm³/mol. The number of amides is 4. The lowest BCUT2D eigenvalue weighted by Gasteiger charge is -2.20. The topological polar surface area (TPSA) is 257 Å². The summed E-state index contributed by atoms with van der Waals surface area (Å²) in [6.45, 7) is 9.64. The molecule has 420 valence electrons. The van der Waals surface area contributed by atoms with Crippen LogP contribution in [-0.4, -0.2) is 50.1 Å². The smallest absolute Gasteiger partial charge is 0.268 e. The number of rotatable bonds is 24. The number of nitrogens with two attached hydrogens (primary N) is 4. The summed E-state index contributed by atoms with van der Waals surface area (Å²) in [5, 5.41) is 0. The molecule has 8 aromatic carbocycles. The second-order valence-electron chi connectivity index (χ2n) is 19.2. The minimum atomic E-state index is -0.455. The lowest BCUT2D eigenvalue weighted by Crippen LogP contribution is -2.30. The zero-order valence-corrected chi connectivity index (χ0v) is 46.4. The molecule has 8 rings (SSSR count). The number of carbonyl (C=O) groups is 4. The highest BCUT2D eigenvalue weighted by molar-refractivity contribution is 6.06. The quantitative estimate of drug-likeness (QED) is 0.0122. The maximum atomic E-state index is 12.8. The van der Waals surface area contributed by atoms with Crippen molar-refractivity contribution in [3.63, 3.8) is 0 Å². The van der Waals surface area contributed by atoms with E-state index in [1.807, 2.05) is 125 Å². The van der Waals surface area contributed by atoms with E-state index in [0.29, 0.717) is 71.7 Å². The van der Waals surface area contributed by atoms with Gasteiger partial charge >= 0.3 is 0 Å². The summed E-state index contributed by atoms with van der Waals surface area (Å²) >= 11 is 0. The zero-order valence-electron chi connectivity index (χ0n) is 46.4. The molecule has 0 spiro atoms. The van der Waals surface area contributed by atoms with Gasteiger partial charge in [-0.05, 0) is 152 Å². The normalized spacial score (nSPS) is 10.8. The van der Waals surface area contributed by atoms with E-state index in [1.54, 1.807) is 24.3 Å². The first-order valence-electron chi connectivity index (χ1n) is 27.3. The van der Waals surface area contributed by atoms with Gasteiger partial charge in [-0.15, -0.1) is 0 Å². The van der Waals surface area contributed by atoms with E-state index < -0.39 is 23.6 Å². The first-order valence-corrected chi connectivity index (χ1v) is 27.3. The van der Waals surface area contributed by atoms with Crippen molar-refractivity contribution in [3.8, 4) is 67.5 Å². The molecule has 16 nitrogen and oxygen atoms in total. The Morgan fingerprint density at radius 2 is 0.476 bits per heavy atom. The van der Waals surface area contributed by atoms with Crippen molar-refractivity contribution in [1.82, 2.24) is 21.7 Å². The summed E-state index contributed by atoms with van der Waals surface area (Å²) in [4.78, 5) is 51.1. The molecule has 0 atom stereocenters. The van der Waals surface area contributed by atoms with Crippen molar-refractivity contribution in [2.24, 2.45) is 23.4 Å². The predicted octanol–water partition coefficient (Wildman–Crippen LogP) is 10.9. The maximum Gasteiger partial charge on any atom is 0.268 e. The van der Waals surface area contributed by atoms with Gasteiger partial charge in [0.25, 0.3) is 23.6 Å². The average Bonchev–Trinajstić information content (AvgIpc) is 3.65. The highest BCUT2D eigenvalue weighted by Crippen LogP contribution is 2.41. The first kappa shape index (κ1) is 58.6. The maximum absolute atomic E-state index is 12.8. The van der Waals surface area contributed by atoms with Gasteiger partial charge in [0.1, 0.15) is 23.0 Å². The van der Waals surface area contributed by atoms with Crippen LogP contribution in [0, 0.1) is 0 Å². The molecule has 0 unspecified atom stereocenters. The number of hydrazine groups is 4. The zero-order chi connectivity index (χ0) is 58.1. The molecule has 82 heavy (non-hydrogen) atoms. The number of benzene rings is 8. The van der Waals surface area contributed by atoms with Gasteiger partial charge in [-0.1, -0.05) is 149 Å². The molecule has 0 saturated carbocycles.